The fourth-order valence-corrected chi connectivity index (χ4v) is 1.39. The van der Waals surface area contributed by atoms with Gasteiger partial charge >= 0.3 is 0 Å². The molecule has 1 unspecified atom stereocenters. The molecule has 1 N–H and O–H groups in total. The van der Waals surface area contributed by atoms with Gasteiger partial charge in [0.15, 0.2) is 0 Å². The van der Waals surface area contributed by atoms with E-state index in [4.69, 9.17) is 5.26 Å². The van der Waals surface area contributed by atoms with Gasteiger partial charge in [0.1, 0.15) is 11.8 Å². The van der Waals surface area contributed by atoms with E-state index in [1.54, 1.807) is 0 Å². The standard InChI is InChI=1S/C10H9N3/c11-7-9-6-10(13-12-9)8-4-2-1-3-5-8/h1-5,10,13H,6H2. The highest BCUT2D eigenvalue weighted by atomic mass is 15.3. The summed E-state index contributed by atoms with van der Waals surface area (Å²) >= 11 is 0. The van der Waals surface area contributed by atoms with Crippen molar-refractivity contribution in [2.24, 2.45) is 5.10 Å². The van der Waals surface area contributed by atoms with Crippen molar-refractivity contribution >= 4 is 5.71 Å². The maximum absolute atomic E-state index is 8.61. The van der Waals surface area contributed by atoms with Crippen molar-refractivity contribution in [1.82, 2.24) is 5.43 Å². The molecule has 1 aromatic rings. The third-order valence-corrected chi connectivity index (χ3v) is 2.08. The van der Waals surface area contributed by atoms with Crippen molar-refractivity contribution in [3.63, 3.8) is 0 Å². The van der Waals surface area contributed by atoms with E-state index in [1.165, 1.54) is 5.56 Å². The molecular formula is C10H9N3. The summed E-state index contributed by atoms with van der Waals surface area (Å²) < 4.78 is 0. The van der Waals surface area contributed by atoms with Crippen LogP contribution in [0.1, 0.15) is 18.0 Å². The molecule has 3 heteroatoms. The topological polar surface area (TPSA) is 48.2 Å². The van der Waals surface area contributed by atoms with Gasteiger partial charge in [0, 0.05) is 6.42 Å². The Morgan fingerprint density at radius 2 is 2.15 bits per heavy atom. The van der Waals surface area contributed by atoms with Gasteiger partial charge in [-0.15, -0.1) is 0 Å². The summed E-state index contributed by atoms with van der Waals surface area (Å²) in [5.41, 5.74) is 4.69. The van der Waals surface area contributed by atoms with Gasteiger partial charge in [-0.25, -0.2) is 0 Å². The van der Waals surface area contributed by atoms with Crippen LogP contribution in [0.4, 0.5) is 0 Å². The number of hydrazone groups is 1. The Labute approximate surface area is 76.7 Å². The fraction of sp³-hybridized carbons (Fsp3) is 0.200. The van der Waals surface area contributed by atoms with Crippen molar-refractivity contribution < 1.29 is 0 Å². The second-order valence-corrected chi connectivity index (χ2v) is 2.97. The summed E-state index contributed by atoms with van der Waals surface area (Å²) in [7, 11) is 0. The van der Waals surface area contributed by atoms with Crippen LogP contribution in [0.3, 0.4) is 0 Å². The molecule has 1 aromatic carbocycles. The third-order valence-electron chi connectivity index (χ3n) is 2.08. The number of hydrogen-bond donors (Lipinski definition) is 1. The lowest BCUT2D eigenvalue weighted by molar-refractivity contribution is 0.620. The van der Waals surface area contributed by atoms with E-state index in [2.05, 4.69) is 16.6 Å². The van der Waals surface area contributed by atoms with Crippen LogP contribution in [-0.2, 0) is 0 Å². The molecule has 0 fully saturated rings. The molecule has 0 aromatic heterocycles. The molecule has 3 nitrogen and oxygen atoms in total. The molecule has 0 aliphatic carbocycles. The van der Waals surface area contributed by atoms with E-state index >= 15 is 0 Å². The fourth-order valence-electron chi connectivity index (χ4n) is 1.39. The SMILES string of the molecule is N#CC1=NNC(c2ccccc2)C1. The van der Waals surface area contributed by atoms with Crippen LogP contribution in [0.5, 0.6) is 0 Å². The Kier molecular flexibility index (Phi) is 1.97. The molecule has 1 atom stereocenters. The summed E-state index contributed by atoms with van der Waals surface area (Å²) in [5.74, 6) is 0. The van der Waals surface area contributed by atoms with Gasteiger partial charge in [-0.05, 0) is 5.56 Å². The smallest absolute Gasteiger partial charge is 0.140 e. The van der Waals surface area contributed by atoms with Crippen molar-refractivity contribution in [1.29, 1.82) is 5.26 Å². The predicted molar refractivity (Wildman–Crippen MR) is 50.0 cm³/mol. The van der Waals surface area contributed by atoms with Gasteiger partial charge < -0.3 is 5.43 Å². The average Bonchev–Trinajstić information content (AvgIpc) is 2.67. The first kappa shape index (κ1) is 7.81. The van der Waals surface area contributed by atoms with Crippen LogP contribution in [0, 0.1) is 11.3 Å². The summed E-state index contributed by atoms with van der Waals surface area (Å²) in [4.78, 5) is 0. The first-order valence-corrected chi connectivity index (χ1v) is 4.17. The maximum Gasteiger partial charge on any atom is 0.140 e. The highest BCUT2D eigenvalue weighted by molar-refractivity contribution is 5.99. The van der Waals surface area contributed by atoms with Gasteiger partial charge in [-0.1, -0.05) is 30.3 Å². The van der Waals surface area contributed by atoms with E-state index in [1.807, 2.05) is 30.3 Å². The molecule has 64 valence electrons. The first-order valence-electron chi connectivity index (χ1n) is 4.17. The van der Waals surface area contributed by atoms with Crippen molar-refractivity contribution in [2.75, 3.05) is 0 Å². The Balaban J connectivity index is 2.12. The third kappa shape index (κ3) is 1.52. The van der Waals surface area contributed by atoms with Gasteiger partial charge in [0.2, 0.25) is 0 Å². The number of benzene rings is 1. The molecule has 0 bridgehead atoms. The van der Waals surface area contributed by atoms with Crippen LogP contribution in [0.15, 0.2) is 35.4 Å². The second kappa shape index (κ2) is 3.28. The number of nitriles is 1. The molecule has 1 heterocycles. The van der Waals surface area contributed by atoms with E-state index in [-0.39, 0.29) is 6.04 Å². The molecule has 0 saturated carbocycles. The number of nitrogens with zero attached hydrogens (tertiary/aromatic N) is 2. The van der Waals surface area contributed by atoms with Crippen LogP contribution in [0.2, 0.25) is 0 Å². The van der Waals surface area contributed by atoms with Crippen molar-refractivity contribution in [3.05, 3.63) is 35.9 Å². The zero-order valence-electron chi connectivity index (χ0n) is 7.07. The minimum atomic E-state index is 0.177. The Morgan fingerprint density at radius 1 is 1.38 bits per heavy atom. The minimum absolute atomic E-state index is 0.177. The van der Waals surface area contributed by atoms with E-state index < -0.39 is 0 Å². The van der Waals surface area contributed by atoms with Crippen LogP contribution in [-0.4, -0.2) is 5.71 Å². The van der Waals surface area contributed by atoms with Crippen molar-refractivity contribution in [3.8, 4) is 6.07 Å². The van der Waals surface area contributed by atoms with Crippen LogP contribution < -0.4 is 5.43 Å². The largest absolute Gasteiger partial charge is 0.301 e. The number of hydrogen-bond acceptors (Lipinski definition) is 3. The summed E-state index contributed by atoms with van der Waals surface area (Å²) in [6.07, 6.45) is 0.695. The maximum atomic E-state index is 8.61. The lowest BCUT2D eigenvalue weighted by atomic mass is 10.0. The van der Waals surface area contributed by atoms with Gasteiger partial charge in [0.25, 0.3) is 0 Å². The lowest BCUT2D eigenvalue weighted by Gasteiger charge is -2.08. The van der Waals surface area contributed by atoms with E-state index in [0.717, 1.165) is 0 Å². The molecule has 0 spiro atoms. The van der Waals surface area contributed by atoms with E-state index in [9.17, 15) is 0 Å². The Bertz CT molecular complexity index is 362. The van der Waals surface area contributed by atoms with Crippen LogP contribution in [0.25, 0.3) is 0 Å². The molecule has 1 aliphatic heterocycles. The molecule has 1 aliphatic rings. The highest BCUT2D eigenvalue weighted by Gasteiger charge is 2.18. The van der Waals surface area contributed by atoms with Crippen LogP contribution >= 0.6 is 0 Å². The minimum Gasteiger partial charge on any atom is -0.301 e. The molecule has 0 radical (unpaired) electrons. The average molecular weight is 171 g/mol. The normalized spacial score (nSPS) is 20.2. The summed E-state index contributed by atoms with van der Waals surface area (Å²) in [6, 6.07) is 12.2. The summed E-state index contributed by atoms with van der Waals surface area (Å²) in [5, 5.41) is 12.5. The molecule has 13 heavy (non-hydrogen) atoms. The Hall–Kier alpha value is -1.82. The number of rotatable bonds is 1. The van der Waals surface area contributed by atoms with E-state index in [0.29, 0.717) is 12.1 Å². The zero-order chi connectivity index (χ0) is 9.10. The second-order valence-electron chi connectivity index (χ2n) is 2.97. The molecule has 0 saturated heterocycles. The Morgan fingerprint density at radius 3 is 2.77 bits per heavy atom. The number of nitrogens with one attached hydrogen (secondary N) is 1. The van der Waals surface area contributed by atoms with Gasteiger partial charge in [0.05, 0.1) is 6.04 Å². The monoisotopic (exact) mass is 171 g/mol. The molecule has 0 amide bonds. The van der Waals surface area contributed by atoms with Crippen molar-refractivity contribution in [2.45, 2.75) is 12.5 Å². The molecular weight excluding hydrogens is 162 g/mol. The van der Waals surface area contributed by atoms with Gasteiger partial charge in [-0.3, -0.25) is 0 Å². The summed E-state index contributed by atoms with van der Waals surface area (Å²) in [6.45, 7) is 0. The van der Waals surface area contributed by atoms with Gasteiger partial charge in [-0.2, -0.15) is 10.4 Å². The lowest BCUT2D eigenvalue weighted by Crippen LogP contribution is -2.09. The quantitative estimate of drug-likeness (QED) is 0.697. The zero-order valence-corrected chi connectivity index (χ0v) is 7.07. The first-order chi connectivity index (χ1) is 6.40. The predicted octanol–water partition coefficient (Wildman–Crippen LogP) is 1.60. The molecule has 2 rings (SSSR count). The highest BCUT2D eigenvalue weighted by Crippen LogP contribution is 2.20.